The van der Waals surface area contributed by atoms with Gasteiger partial charge in [-0.15, -0.1) is 0 Å². The molecule has 0 amide bonds. The molecule has 1 aliphatic heterocycles. The molecule has 0 radical (unpaired) electrons. The second-order valence-corrected chi connectivity index (χ2v) is 6.26. The summed E-state index contributed by atoms with van der Waals surface area (Å²) in [5, 5.41) is 10.4. The average molecular weight is 280 g/mol. The molecule has 1 saturated carbocycles. The third-order valence-corrected chi connectivity index (χ3v) is 5.08. The van der Waals surface area contributed by atoms with Crippen molar-refractivity contribution in [3.05, 3.63) is 28.8 Å². The summed E-state index contributed by atoms with van der Waals surface area (Å²) in [6.07, 6.45) is 8.01. The van der Waals surface area contributed by atoms with Crippen LogP contribution in [0.15, 0.2) is 18.2 Å². The van der Waals surface area contributed by atoms with Crippen molar-refractivity contribution in [1.82, 2.24) is 0 Å². The van der Waals surface area contributed by atoms with Crippen LogP contribution < -0.4 is 4.90 Å². The average Bonchev–Trinajstić information content (AvgIpc) is 3.08. The van der Waals surface area contributed by atoms with Gasteiger partial charge >= 0.3 is 0 Å². The number of halogens is 1. The molecule has 0 spiro atoms. The zero-order valence-electron chi connectivity index (χ0n) is 11.3. The van der Waals surface area contributed by atoms with Gasteiger partial charge in [-0.2, -0.15) is 0 Å². The van der Waals surface area contributed by atoms with Gasteiger partial charge in [0.15, 0.2) is 0 Å². The Morgan fingerprint density at radius 2 is 1.95 bits per heavy atom. The molecule has 2 nitrogen and oxygen atoms in total. The highest BCUT2D eigenvalue weighted by Gasteiger charge is 2.34. The second-order valence-electron chi connectivity index (χ2n) is 5.85. The summed E-state index contributed by atoms with van der Waals surface area (Å²) in [4.78, 5) is 2.48. The summed E-state index contributed by atoms with van der Waals surface area (Å²) >= 11 is 6.41. The highest BCUT2D eigenvalue weighted by Crippen LogP contribution is 2.41. The van der Waals surface area contributed by atoms with E-state index in [2.05, 4.69) is 4.90 Å². The summed E-state index contributed by atoms with van der Waals surface area (Å²) in [5.41, 5.74) is 2.05. The third-order valence-electron chi connectivity index (χ3n) is 4.77. The Morgan fingerprint density at radius 3 is 2.68 bits per heavy atom. The number of para-hydroxylation sites is 1. The van der Waals surface area contributed by atoms with Gasteiger partial charge in [-0.1, -0.05) is 36.6 Å². The standard InChI is InChI=1S/C16H22ClNO/c17-14-8-3-7-13(11-19)16(14)18-10-4-9-15(18)12-5-1-2-6-12/h3,7-8,12,15,19H,1-2,4-6,9-11H2. The van der Waals surface area contributed by atoms with E-state index in [4.69, 9.17) is 11.6 Å². The largest absolute Gasteiger partial charge is 0.392 e. The highest BCUT2D eigenvalue weighted by molar-refractivity contribution is 6.33. The molecule has 0 aromatic heterocycles. The normalized spacial score (nSPS) is 24.3. The van der Waals surface area contributed by atoms with Gasteiger partial charge in [-0.3, -0.25) is 0 Å². The molecule has 1 N–H and O–H groups in total. The van der Waals surface area contributed by atoms with Crippen LogP contribution in [-0.4, -0.2) is 17.7 Å². The van der Waals surface area contributed by atoms with Crippen LogP contribution in [0, 0.1) is 5.92 Å². The zero-order chi connectivity index (χ0) is 13.2. The molecule has 3 rings (SSSR count). The highest BCUT2D eigenvalue weighted by atomic mass is 35.5. The van der Waals surface area contributed by atoms with Crippen LogP contribution >= 0.6 is 11.6 Å². The predicted octanol–water partition coefficient (Wildman–Crippen LogP) is 3.99. The molecule has 1 saturated heterocycles. The number of benzene rings is 1. The van der Waals surface area contributed by atoms with Gasteiger partial charge in [-0.25, -0.2) is 0 Å². The lowest BCUT2D eigenvalue weighted by Crippen LogP contribution is -2.35. The number of hydrogen-bond donors (Lipinski definition) is 1. The molecule has 19 heavy (non-hydrogen) atoms. The van der Waals surface area contributed by atoms with Crippen LogP contribution in [0.3, 0.4) is 0 Å². The van der Waals surface area contributed by atoms with Gasteiger partial charge in [0.05, 0.1) is 17.3 Å². The fraction of sp³-hybridized carbons (Fsp3) is 0.625. The summed E-state index contributed by atoms with van der Waals surface area (Å²) in [7, 11) is 0. The minimum absolute atomic E-state index is 0.0732. The monoisotopic (exact) mass is 279 g/mol. The van der Waals surface area contributed by atoms with Crippen molar-refractivity contribution in [2.24, 2.45) is 5.92 Å². The van der Waals surface area contributed by atoms with E-state index in [0.29, 0.717) is 6.04 Å². The van der Waals surface area contributed by atoms with Crippen LogP contribution in [0.5, 0.6) is 0 Å². The van der Waals surface area contributed by atoms with Crippen molar-refractivity contribution >= 4 is 17.3 Å². The van der Waals surface area contributed by atoms with Crippen molar-refractivity contribution in [2.75, 3.05) is 11.4 Å². The second kappa shape index (κ2) is 5.72. The number of rotatable bonds is 3. The zero-order valence-corrected chi connectivity index (χ0v) is 12.1. The first-order chi connectivity index (χ1) is 9.31. The van der Waals surface area contributed by atoms with Crippen LogP contribution in [0.25, 0.3) is 0 Å². The van der Waals surface area contributed by atoms with E-state index < -0.39 is 0 Å². The summed E-state index contributed by atoms with van der Waals surface area (Å²) < 4.78 is 0. The molecule has 104 valence electrons. The molecule has 1 heterocycles. The molecular formula is C16H22ClNO. The molecule has 1 aliphatic carbocycles. The Balaban J connectivity index is 1.91. The van der Waals surface area contributed by atoms with Gasteiger partial charge < -0.3 is 10.0 Å². The number of aliphatic hydroxyl groups excluding tert-OH is 1. The Labute approximate surface area is 120 Å². The van der Waals surface area contributed by atoms with E-state index in [-0.39, 0.29) is 6.61 Å². The van der Waals surface area contributed by atoms with Crippen molar-refractivity contribution in [2.45, 2.75) is 51.2 Å². The maximum Gasteiger partial charge on any atom is 0.0702 e. The van der Waals surface area contributed by atoms with E-state index in [9.17, 15) is 5.11 Å². The van der Waals surface area contributed by atoms with E-state index >= 15 is 0 Å². The van der Waals surface area contributed by atoms with Crippen molar-refractivity contribution in [3.63, 3.8) is 0 Å². The Bertz CT molecular complexity index is 442. The van der Waals surface area contributed by atoms with Crippen molar-refractivity contribution < 1.29 is 5.11 Å². The van der Waals surface area contributed by atoms with E-state index in [1.54, 1.807) is 0 Å². The quantitative estimate of drug-likeness (QED) is 0.904. The molecule has 1 atom stereocenters. The van der Waals surface area contributed by atoms with Crippen LogP contribution in [0.2, 0.25) is 5.02 Å². The van der Waals surface area contributed by atoms with Gasteiger partial charge in [0, 0.05) is 18.2 Å². The summed E-state index contributed by atoms with van der Waals surface area (Å²) in [5.74, 6) is 0.824. The minimum atomic E-state index is 0.0732. The maximum absolute atomic E-state index is 9.57. The van der Waals surface area contributed by atoms with Crippen molar-refractivity contribution in [3.8, 4) is 0 Å². The molecular weight excluding hydrogens is 258 g/mol. The first-order valence-electron chi connectivity index (χ1n) is 7.46. The third kappa shape index (κ3) is 2.48. The lowest BCUT2D eigenvalue weighted by molar-refractivity contribution is 0.281. The maximum atomic E-state index is 9.57. The Hall–Kier alpha value is -0.730. The van der Waals surface area contributed by atoms with Crippen LogP contribution in [0.4, 0.5) is 5.69 Å². The first kappa shape index (κ1) is 13.3. The van der Waals surface area contributed by atoms with Gasteiger partial charge in [0.1, 0.15) is 0 Å². The lowest BCUT2D eigenvalue weighted by atomic mass is 9.95. The lowest BCUT2D eigenvalue weighted by Gasteiger charge is -2.33. The smallest absolute Gasteiger partial charge is 0.0702 e. The number of aliphatic hydroxyl groups is 1. The Morgan fingerprint density at radius 1 is 1.16 bits per heavy atom. The Kier molecular flexibility index (Phi) is 3.99. The van der Waals surface area contributed by atoms with E-state index in [1.807, 2.05) is 18.2 Å². The first-order valence-corrected chi connectivity index (χ1v) is 7.84. The van der Waals surface area contributed by atoms with Gasteiger partial charge in [-0.05, 0) is 37.7 Å². The van der Waals surface area contributed by atoms with Gasteiger partial charge in [0.25, 0.3) is 0 Å². The van der Waals surface area contributed by atoms with Crippen LogP contribution in [0.1, 0.15) is 44.1 Å². The van der Waals surface area contributed by atoms with Crippen LogP contribution in [-0.2, 0) is 6.61 Å². The van der Waals surface area contributed by atoms with Gasteiger partial charge in [0.2, 0.25) is 0 Å². The molecule has 1 aromatic rings. The molecule has 1 unspecified atom stereocenters. The predicted molar refractivity (Wildman–Crippen MR) is 79.7 cm³/mol. The topological polar surface area (TPSA) is 23.5 Å². The van der Waals surface area contributed by atoms with E-state index in [0.717, 1.165) is 28.7 Å². The van der Waals surface area contributed by atoms with E-state index in [1.165, 1.54) is 38.5 Å². The molecule has 2 aliphatic rings. The number of nitrogens with zero attached hydrogens (tertiary/aromatic N) is 1. The molecule has 0 bridgehead atoms. The summed E-state index contributed by atoms with van der Waals surface area (Å²) in [6.45, 7) is 1.15. The number of hydrogen-bond acceptors (Lipinski definition) is 2. The fourth-order valence-corrected chi connectivity index (χ4v) is 4.21. The SMILES string of the molecule is OCc1cccc(Cl)c1N1CCCC1C1CCCC1. The fourth-order valence-electron chi connectivity index (χ4n) is 3.91. The minimum Gasteiger partial charge on any atom is -0.392 e. The number of anilines is 1. The van der Waals surface area contributed by atoms with Crippen molar-refractivity contribution in [1.29, 1.82) is 0 Å². The molecule has 3 heteroatoms. The molecule has 2 fully saturated rings. The summed E-state index contributed by atoms with van der Waals surface area (Å²) in [6, 6.07) is 6.50. The molecule has 1 aromatic carbocycles.